The highest BCUT2D eigenvalue weighted by Crippen LogP contribution is 2.23. The average Bonchev–Trinajstić information content (AvgIpc) is 2.86. The van der Waals surface area contributed by atoms with E-state index < -0.39 is 0 Å². The van der Waals surface area contributed by atoms with Gasteiger partial charge in [-0.1, -0.05) is 36.7 Å². The van der Waals surface area contributed by atoms with Gasteiger partial charge in [-0.3, -0.25) is 0 Å². The third-order valence-corrected chi connectivity index (χ3v) is 3.84. The van der Waals surface area contributed by atoms with Crippen molar-refractivity contribution in [1.29, 1.82) is 0 Å². The number of benzene rings is 2. The van der Waals surface area contributed by atoms with Crippen molar-refractivity contribution in [3.63, 3.8) is 0 Å². The molecule has 0 aliphatic heterocycles. The molecule has 1 aromatic heterocycles. The van der Waals surface area contributed by atoms with Crippen LogP contribution in [-0.2, 0) is 13.0 Å². The Morgan fingerprint density at radius 3 is 2.75 bits per heavy atom. The Labute approximate surface area is 122 Å². The molecule has 3 aromatic rings. The molecule has 1 nitrogen and oxygen atoms in total. The highest BCUT2D eigenvalue weighted by molar-refractivity contribution is 6.30. The van der Waals surface area contributed by atoms with Crippen LogP contribution in [0.1, 0.15) is 18.1 Å². The number of hydrogen-bond acceptors (Lipinski definition) is 0. The lowest BCUT2D eigenvalue weighted by Crippen LogP contribution is -2.02. The van der Waals surface area contributed by atoms with E-state index in [0.29, 0.717) is 17.1 Å². The van der Waals surface area contributed by atoms with Crippen LogP contribution < -0.4 is 0 Å². The Morgan fingerprint density at radius 2 is 1.95 bits per heavy atom. The van der Waals surface area contributed by atoms with Gasteiger partial charge in [0.25, 0.3) is 0 Å². The Morgan fingerprint density at radius 1 is 1.10 bits per heavy atom. The summed E-state index contributed by atoms with van der Waals surface area (Å²) in [5, 5.41) is 1.75. The topological polar surface area (TPSA) is 4.93 Å². The van der Waals surface area contributed by atoms with Crippen molar-refractivity contribution in [2.45, 2.75) is 19.9 Å². The van der Waals surface area contributed by atoms with Gasteiger partial charge in [-0.2, -0.15) is 0 Å². The molecule has 0 fully saturated rings. The van der Waals surface area contributed by atoms with Crippen LogP contribution >= 0.6 is 11.6 Å². The number of halogens is 2. The van der Waals surface area contributed by atoms with Gasteiger partial charge in [0.1, 0.15) is 5.82 Å². The maximum absolute atomic E-state index is 13.9. The maximum Gasteiger partial charge on any atom is 0.128 e. The lowest BCUT2D eigenvalue weighted by atomic mass is 10.1. The minimum Gasteiger partial charge on any atom is -0.343 e. The number of fused-ring (bicyclic) bond motifs is 1. The van der Waals surface area contributed by atoms with Gasteiger partial charge in [-0.25, -0.2) is 4.39 Å². The molecule has 20 heavy (non-hydrogen) atoms. The molecule has 0 amide bonds. The summed E-state index contributed by atoms with van der Waals surface area (Å²) in [6.45, 7) is 2.62. The second-order valence-electron chi connectivity index (χ2n) is 4.89. The molecule has 3 rings (SSSR count). The number of rotatable bonds is 3. The van der Waals surface area contributed by atoms with E-state index in [4.69, 9.17) is 11.6 Å². The van der Waals surface area contributed by atoms with Gasteiger partial charge in [0.15, 0.2) is 0 Å². The zero-order valence-electron chi connectivity index (χ0n) is 11.2. The Bertz CT molecular complexity index is 761. The first-order valence-electron chi connectivity index (χ1n) is 6.69. The average molecular weight is 288 g/mol. The van der Waals surface area contributed by atoms with Gasteiger partial charge >= 0.3 is 0 Å². The van der Waals surface area contributed by atoms with Gasteiger partial charge in [0.2, 0.25) is 0 Å². The summed E-state index contributed by atoms with van der Waals surface area (Å²) >= 11 is 5.96. The molecule has 0 atom stereocenters. The molecular weight excluding hydrogens is 273 g/mol. The van der Waals surface area contributed by atoms with Gasteiger partial charge < -0.3 is 4.57 Å². The summed E-state index contributed by atoms with van der Waals surface area (Å²) in [6.07, 6.45) is 2.96. The zero-order valence-corrected chi connectivity index (χ0v) is 12.0. The van der Waals surface area contributed by atoms with Crippen LogP contribution in [0, 0.1) is 5.82 Å². The molecule has 3 heteroatoms. The predicted molar refractivity (Wildman–Crippen MR) is 81.8 cm³/mol. The molecule has 0 radical (unpaired) electrons. The van der Waals surface area contributed by atoms with E-state index >= 15 is 0 Å². The van der Waals surface area contributed by atoms with Gasteiger partial charge in [0.05, 0.1) is 12.1 Å². The fourth-order valence-electron chi connectivity index (χ4n) is 2.61. The smallest absolute Gasteiger partial charge is 0.128 e. The molecule has 0 saturated heterocycles. The van der Waals surface area contributed by atoms with Crippen molar-refractivity contribution in [2.24, 2.45) is 0 Å². The molecule has 0 aliphatic carbocycles. The molecule has 0 spiro atoms. The predicted octanol–water partition coefficient (Wildman–Crippen LogP) is 5.04. The van der Waals surface area contributed by atoms with E-state index in [2.05, 4.69) is 35.8 Å². The second kappa shape index (κ2) is 5.29. The summed E-state index contributed by atoms with van der Waals surface area (Å²) in [5.41, 5.74) is 3.06. The molecule has 0 bridgehead atoms. The Balaban J connectivity index is 2.09. The number of hydrogen-bond donors (Lipinski definition) is 0. The number of aryl methyl sites for hydroxylation is 1. The highest BCUT2D eigenvalue weighted by atomic mass is 35.5. The molecule has 0 aliphatic rings. The van der Waals surface area contributed by atoms with Crippen LogP contribution in [0.25, 0.3) is 10.9 Å². The fourth-order valence-corrected chi connectivity index (χ4v) is 2.80. The molecule has 0 N–H and O–H groups in total. The van der Waals surface area contributed by atoms with Crippen molar-refractivity contribution in [3.05, 3.63) is 70.6 Å². The Hall–Kier alpha value is -1.80. The number of nitrogens with zero attached hydrogens (tertiary/aromatic N) is 1. The minimum absolute atomic E-state index is 0.217. The van der Waals surface area contributed by atoms with Gasteiger partial charge in [-0.05, 0) is 41.6 Å². The first-order chi connectivity index (χ1) is 9.69. The van der Waals surface area contributed by atoms with E-state index in [0.717, 1.165) is 6.42 Å². The third-order valence-electron chi connectivity index (χ3n) is 3.60. The third kappa shape index (κ3) is 2.32. The van der Waals surface area contributed by atoms with Crippen LogP contribution in [0.5, 0.6) is 0 Å². The summed E-state index contributed by atoms with van der Waals surface area (Å²) < 4.78 is 16.0. The molecule has 2 aromatic carbocycles. The van der Waals surface area contributed by atoms with Crippen molar-refractivity contribution in [2.75, 3.05) is 0 Å². The molecule has 102 valence electrons. The van der Waals surface area contributed by atoms with Crippen molar-refractivity contribution >= 4 is 22.5 Å². The lowest BCUT2D eigenvalue weighted by Gasteiger charge is -2.10. The number of aromatic nitrogens is 1. The van der Waals surface area contributed by atoms with E-state index in [1.54, 1.807) is 12.1 Å². The van der Waals surface area contributed by atoms with Crippen molar-refractivity contribution < 1.29 is 4.39 Å². The second-order valence-corrected chi connectivity index (χ2v) is 5.32. The first-order valence-corrected chi connectivity index (χ1v) is 7.07. The standard InChI is InChI=1S/C17H15ClFN/c1-2-12-4-3-5-13-8-9-20(17(12)13)11-14-10-15(18)6-7-16(14)19/h3-10H,2,11H2,1H3. The summed E-state index contributed by atoms with van der Waals surface area (Å²) in [5.74, 6) is -0.217. The van der Waals surface area contributed by atoms with E-state index in [9.17, 15) is 4.39 Å². The van der Waals surface area contributed by atoms with Crippen molar-refractivity contribution in [1.82, 2.24) is 4.57 Å². The van der Waals surface area contributed by atoms with Crippen LogP contribution in [0.2, 0.25) is 5.02 Å². The molecular formula is C17H15ClFN. The largest absolute Gasteiger partial charge is 0.343 e. The lowest BCUT2D eigenvalue weighted by molar-refractivity contribution is 0.602. The van der Waals surface area contributed by atoms with E-state index in [1.165, 1.54) is 22.5 Å². The maximum atomic E-state index is 13.9. The molecule has 0 unspecified atom stereocenters. The van der Waals surface area contributed by atoms with Crippen LogP contribution in [0.15, 0.2) is 48.7 Å². The van der Waals surface area contributed by atoms with Crippen LogP contribution in [0.3, 0.4) is 0 Å². The summed E-state index contributed by atoms with van der Waals surface area (Å²) in [6, 6.07) is 13.0. The summed E-state index contributed by atoms with van der Waals surface area (Å²) in [4.78, 5) is 0. The molecule has 0 saturated carbocycles. The minimum atomic E-state index is -0.217. The van der Waals surface area contributed by atoms with Crippen molar-refractivity contribution in [3.8, 4) is 0 Å². The zero-order chi connectivity index (χ0) is 14.1. The van der Waals surface area contributed by atoms with Crippen LogP contribution in [-0.4, -0.2) is 4.57 Å². The highest BCUT2D eigenvalue weighted by Gasteiger charge is 2.09. The van der Waals surface area contributed by atoms with E-state index in [-0.39, 0.29) is 5.82 Å². The fraction of sp³-hybridized carbons (Fsp3) is 0.176. The summed E-state index contributed by atoms with van der Waals surface area (Å²) in [7, 11) is 0. The van der Waals surface area contributed by atoms with Gasteiger partial charge in [0, 0.05) is 16.8 Å². The first kappa shape index (κ1) is 13.2. The number of para-hydroxylation sites is 1. The SMILES string of the molecule is CCc1cccc2ccn(Cc3cc(Cl)ccc3F)c12. The molecule has 1 heterocycles. The van der Waals surface area contributed by atoms with Gasteiger partial charge in [-0.15, -0.1) is 0 Å². The Kier molecular flexibility index (Phi) is 3.49. The monoisotopic (exact) mass is 287 g/mol. The quantitative estimate of drug-likeness (QED) is 0.636. The van der Waals surface area contributed by atoms with Crippen LogP contribution in [0.4, 0.5) is 4.39 Å². The normalized spacial score (nSPS) is 11.2. The van der Waals surface area contributed by atoms with E-state index in [1.807, 2.05) is 6.20 Å².